The largest absolute Gasteiger partial charge is 0.372 e. The second-order valence-corrected chi connectivity index (χ2v) is 5.63. The van der Waals surface area contributed by atoms with Gasteiger partial charge in [0.05, 0.1) is 11.0 Å². The van der Waals surface area contributed by atoms with Crippen molar-refractivity contribution in [3.63, 3.8) is 0 Å². The maximum Gasteiger partial charge on any atom is 0.242 e. The molecule has 110 valence electrons. The summed E-state index contributed by atoms with van der Waals surface area (Å²) in [6.07, 6.45) is 3.65. The Morgan fingerprint density at radius 1 is 1.45 bits per heavy atom. The molecule has 2 heterocycles. The number of nitrogens with zero attached hydrogens (tertiary/aromatic N) is 4. The topological polar surface area (TPSA) is 61.4 Å². The predicted octanol–water partition coefficient (Wildman–Crippen LogP) is 1.73. The second-order valence-electron chi connectivity index (χ2n) is 4.77. The van der Waals surface area contributed by atoms with Crippen LogP contribution < -0.4 is 10.2 Å². The van der Waals surface area contributed by atoms with E-state index in [0.717, 1.165) is 42.8 Å². The zero-order valence-corrected chi connectivity index (χ0v) is 13.5. The first kappa shape index (κ1) is 15.0. The van der Waals surface area contributed by atoms with Gasteiger partial charge >= 0.3 is 0 Å². The first-order valence-corrected chi connectivity index (χ1v) is 7.68. The molecule has 7 heteroatoms. The third-order valence-electron chi connectivity index (χ3n) is 3.28. The molecular weight excluding hydrogens is 322 g/mol. The monoisotopic (exact) mass is 341 g/mol. The van der Waals surface area contributed by atoms with Gasteiger partial charge in [0.2, 0.25) is 11.9 Å². The van der Waals surface area contributed by atoms with Crippen LogP contribution in [0.15, 0.2) is 10.7 Å². The van der Waals surface area contributed by atoms with Crippen LogP contribution in [0.5, 0.6) is 0 Å². The van der Waals surface area contributed by atoms with E-state index in [1.807, 2.05) is 16.8 Å². The Hall–Kier alpha value is -1.37. The van der Waals surface area contributed by atoms with Crippen LogP contribution in [0.4, 0.5) is 11.8 Å². The fraction of sp³-hybridized carbons (Fsp3) is 0.615. The highest BCUT2D eigenvalue weighted by Crippen LogP contribution is 2.21. The first-order valence-electron chi connectivity index (χ1n) is 6.88. The highest BCUT2D eigenvalue weighted by atomic mass is 79.9. The third kappa shape index (κ3) is 3.39. The molecule has 1 amide bonds. The van der Waals surface area contributed by atoms with Crippen LogP contribution in [-0.2, 0) is 4.79 Å². The minimum Gasteiger partial charge on any atom is -0.372 e. The van der Waals surface area contributed by atoms with Crippen molar-refractivity contribution in [1.29, 1.82) is 0 Å². The van der Waals surface area contributed by atoms with Gasteiger partial charge in [0.25, 0.3) is 0 Å². The summed E-state index contributed by atoms with van der Waals surface area (Å²) in [6.45, 7) is 4.89. The Morgan fingerprint density at radius 3 is 2.95 bits per heavy atom. The zero-order chi connectivity index (χ0) is 14.5. The van der Waals surface area contributed by atoms with Crippen LogP contribution in [0, 0.1) is 0 Å². The quantitative estimate of drug-likeness (QED) is 0.903. The average molecular weight is 342 g/mol. The number of amides is 1. The number of halogens is 1. The Morgan fingerprint density at radius 2 is 2.25 bits per heavy atom. The maximum absolute atomic E-state index is 12.2. The molecule has 6 nitrogen and oxygen atoms in total. The number of carbonyl (C=O) groups excluding carboxylic acids is 1. The fourth-order valence-electron chi connectivity index (χ4n) is 2.28. The van der Waals surface area contributed by atoms with Crippen molar-refractivity contribution in [1.82, 2.24) is 14.9 Å². The van der Waals surface area contributed by atoms with Gasteiger partial charge in [-0.3, -0.25) is 4.79 Å². The number of hydrogen-bond acceptors (Lipinski definition) is 5. The molecule has 0 unspecified atom stereocenters. The number of hydrogen-bond donors (Lipinski definition) is 1. The van der Waals surface area contributed by atoms with Gasteiger partial charge in [-0.1, -0.05) is 6.92 Å². The highest BCUT2D eigenvalue weighted by Gasteiger charge is 2.23. The minimum atomic E-state index is 0.155. The molecule has 0 spiro atoms. The molecule has 1 aromatic rings. The predicted molar refractivity (Wildman–Crippen MR) is 83.0 cm³/mol. The van der Waals surface area contributed by atoms with E-state index in [4.69, 9.17) is 0 Å². The molecular formula is C13H20BrN5O. The van der Waals surface area contributed by atoms with E-state index < -0.39 is 0 Å². The van der Waals surface area contributed by atoms with Crippen LogP contribution in [0.2, 0.25) is 0 Å². The molecule has 20 heavy (non-hydrogen) atoms. The third-order valence-corrected chi connectivity index (χ3v) is 3.86. The number of aromatic nitrogens is 2. The summed E-state index contributed by atoms with van der Waals surface area (Å²) in [4.78, 5) is 24.9. The van der Waals surface area contributed by atoms with Crippen molar-refractivity contribution < 1.29 is 4.79 Å². The van der Waals surface area contributed by atoms with E-state index in [-0.39, 0.29) is 5.91 Å². The molecule has 1 aliphatic rings. The van der Waals surface area contributed by atoms with Crippen molar-refractivity contribution in [2.24, 2.45) is 0 Å². The summed E-state index contributed by atoms with van der Waals surface area (Å²) in [6, 6.07) is 0. The van der Waals surface area contributed by atoms with E-state index in [1.165, 1.54) is 0 Å². The molecule has 1 N–H and O–H groups in total. The molecule has 0 aromatic carbocycles. The average Bonchev–Trinajstić information content (AvgIpc) is 2.62. The lowest BCUT2D eigenvalue weighted by molar-refractivity contribution is -0.129. The van der Waals surface area contributed by atoms with E-state index in [9.17, 15) is 4.79 Å². The molecule has 1 fully saturated rings. The number of nitrogens with one attached hydrogen (secondary N) is 1. The van der Waals surface area contributed by atoms with Crippen LogP contribution in [0.3, 0.4) is 0 Å². The van der Waals surface area contributed by atoms with Gasteiger partial charge < -0.3 is 15.1 Å². The number of carbonyl (C=O) groups is 1. The van der Waals surface area contributed by atoms with Gasteiger partial charge in [0.1, 0.15) is 5.82 Å². The molecule has 0 bridgehead atoms. The van der Waals surface area contributed by atoms with Gasteiger partial charge in [0, 0.05) is 32.9 Å². The van der Waals surface area contributed by atoms with Crippen LogP contribution in [0.1, 0.15) is 19.8 Å². The Bertz CT molecular complexity index is 482. The van der Waals surface area contributed by atoms with Crippen molar-refractivity contribution in [2.75, 3.05) is 43.4 Å². The Kier molecular flexibility index (Phi) is 5.17. The minimum absolute atomic E-state index is 0.155. The molecule has 1 aromatic heterocycles. The maximum atomic E-state index is 12.2. The van der Waals surface area contributed by atoms with Crippen molar-refractivity contribution >= 4 is 33.6 Å². The molecule has 1 saturated heterocycles. The Labute approximate surface area is 127 Å². The van der Waals surface area contributed by atoms with Gasteiger partial charge in [0.15, 0.2) is 0 Å². The second kappa shape index (κ2) is 6.88. The summed E-state index contributed by atoms with van der Waals surface area (Å²) in [5, 5.41) is 3.01. The zero-order valence-electron chi connectivity index (χ0n) is 11.9. The normalized spacial score (nSPS) is 16.2. The highest BCUT2D eigenvalue weighted by molar-refractivity contribution is 9.10. The molecule has 2 rings (SSSR count). The van der Waals surface area contributed by atoms with Crippen LogP contribution in [0.25, 0.3) is 0 Å². The molecule has 0 atom stereocenters. The van der Waals surface area contributed by atoms with E-state index >= 15 is 0 Å². The van der Waals surface area contributed by atoms with E-state index in [1.54, 1.807) is 6.20 Å². The molecule has 0 radical (unpaired) electrons. The smallest absolute Gasteiger partial charge is 0.242 e. The van der Waals surface area contributed by atoms with Crippen LogP contribution >= 0.6 is 15.9 Å². The molecule has 0 aliphatic carbocycles. The lowest BCUT2D eigenvalue weighted by atomic mass is 10.3. The van der Waals surface area contributed by atoms with Gasteiger partial charge in [-0.2, -0.15) is 4.98 Å². The lowest BCUT2D eigenvalue weighted by Crippen LogP contribution is -2.37. The number of rotatable bonds is 4. The van der Waals surface area contributed by atoms with Gasteiger partial charge in [-0.15, -0.1) is 0 Å². The van der Waals surface area contributed by atoms with Crippen molar-refractivity contribution in [3.8, 4) is 0 Å². The summed E-state index contributed by atoms with van der Waals surface area (Å²) in [5.74, 6) is 1.49. The SMILES string of the molecule is CCCN1CCCN(c2ncc(Br)c(NC)n2)CC1=O. The first-order chi connectivity index (χ1) is 9.65. The summed E-state index contributed by atoms with van der Waals surface area (Å²) in [5.41, 5.74) is 0. The van der Waals surface area contributed by atoms with E-state index in [2.05, 4.69) is 38.1 Å². The summed E-state index contributed by atoms with van der Waals surface area (Å²) < 4.78 is 0.817. The van der Waals surface area contributed by atoms with Crippen molar-refractivity contribution in [3.05, 3.63) is 10.7 Å². The van der Waals surface area contributed by atoms with E-state index in [0.29, 0.717) is 12.5 Å². The van der Waals surface area contributed by atoms with Gasteiger partial charge in [-0.25, -0.2) is 4.98 Å². The molecule has 1 aliphatic heterocycles. The van der Waals surface area contributed by atoms with Gasteiger partial charge in [-0.05, 0) is 28.8 Å². The number of anilines is 2. The molecule has 0 saturated carbocycles. The summed E-state index contributed by atoms with van der Waals surface area (Å²) in [7, 11) is 1.81. The summed E-state index contributed by atoms with van der Waals surface area (Å²) >= 11 is 3.39. The van der Waals surface area contributed by atoms with Crippen LogP contribution in [-0.4, -0.2) is 54.0 Å². The lowest BCUT2D eigenvalue weighted by Gasteiger charge is -2.21. The fourth-order valence-corrected chi connectivity index (χ4v) is 2.67. The van der Waals surface area contributed by atoms with Crippen molar-refractivity contribution in [2.45, 2.75) is 19.8 Å². The standard InChI is InChI=1S/C13H20BrN5O/c1-3-5-18-6-4-7-19(9-11(18)20)13-16-8-10(14)12(15-2)17-13/h8H,3-7,9H2,1-2H3,(H,15,16,17). The Balaban J connectivity index is 2.15.